The summed E-state index contributed by atoms with van der Waals surface area (Å²) in [7, 11) is 1.47. The predicted molar refractivity (Wildman–Crippen MR) is 52.0 cm³/mol. The van der Waals surface area contributed by atoms with Crippen molar-refractivity contribution in [2.75, 3.05) is 13.0 Å². The minimum absolute atomic E-state index is 0.311. The molecule has 0 radical (unpaired) electrons. The molecule has 0 unspecified atom stereocenters. The molecule has 1 aromatic carbocycles. The molecule has 1 aromatic rings. The Morgan fingerprint density at radius 1 is 1.46 bits per heavy atom. The first kappa shape index (κ1) is 10.3. The van der Waals surface area contributed by atoms with Crippen molar-refractivity contribution in [1.82, 2.24) is 0 Å². The Balaban J connectivity index is 2.85. The van der Waals surface area contributed by atoms with Crippen LogP contribution < -0.4 is 4.74 Å². The van der Waals surface area contributed by atoms with Crippen LogP contribution in [0.1, 0.15) is 12.0 Å². The number of halogens is 2. The number of ether oxygens (including phenoxy) is 1. The summed E-state index contributed by atoms with van der Waals surface area (Å²) in [6.07, 6.45) is 1.59. The summed E-state index contributed by atoms with van der Waals surface area (Å²) in [5.74, 6) is 0.613. The van der Waals surface area contributed by atoms with E-state index in [1.807, 2.05) is 6.07 Å². The van der Waals surface area contributed by atoms with E-state index in [1.165, 1.54) is 13.2 Å². The lowest BCUT2D eigenvalue weighted by atomic mass is 10.1. The molecular weight excluding hydrogens is 191 g/mol. The fourth-order valence-electron chi connectivity index (χ4n) is 1.24. The topological polar surface area (TPSA) is 9.23 Å². The average Bonchev–Trinajstić information content (AvgIpc) is 2.15. The molecule has 0 aromatic heterocycles. The number of alkyl halides is 1. The van der Waals surface area contributed by atoms with Gasteiger partial charge in [-0.1, -0.05) is 12.1 Å². The fourth-order valence-corrected chi connectivity index (χ4v) is 1.37. The minimum atomic E-state index is -0.311. The van der Waals surface area contributed by atoms with E-state index in [9.17, 15) is 4.39 Å². The smallest absolute Gasteiger partial charge is 0.165 e. The molecule has 0 saturated carbocycles. The Kier molecular flexibility index (Phi) is 4.03. The van der Waals surface area contributed by atoms with Gasteiger partial charge in [-0.15, -0.1) is 11.6 Å². The summed E-state index contributed by atoms with van der Waals surface area (Å²) in [6, 6.07) is 4.93. The van der Waals surface area contributed by atoms with Crippen LogP contribution in [0.5, 0.6) is 5.75 Å². The lowest BCUT2D eigenvalue weighted by Gasteiger charge is -2.07. The largest absolute Gasteiger partial charge is 0.493 e. The van der Waals surface area contributed by atoms with Crippen LogP contribution in [-0.2, 0) is 6.42 Å². The summed E-state index contributed by atoms with van der Waals surface area (Å²) in [4.78, 5) is 0. The summed E-state index contributed by atoms with van der Waals surface area (Å²) in [5, 5.41) is 0. The van der Waals surface area contributed by atoms with Gasteiger partial charge in [0.15, 0.2) is 11.6 Å². The van der Waals surface area contributed by atoms with Crippen LogP contribution in [-0.4, -0.2) is 13.0 Å². The van der Waals surface area contributed by atoms with Gasteiger partial charge in [-0.05, 0) is 24.5 Å². The maximum absolute atomic E-state index is 13.1. The van der Waals surface area contributed by atoms with Gasteiger partial charge in [0.1, 0.15) is 0 Å². The monoisotopic (exact) mass is 202 g/mol. The maximum Gasteiger partial charge on any atom is 0.165 e. The highest BCUT2D eigenvalue weighted by Gasteiger charge is 2.07. The van der Waals surface area contributed by atoms with E-state index < -0.39 is 0 Å². The van der Waals surface area contributed by atoms with Crippen molar-refractivity contribution in [2.45, 2.75) is 12.8 Å². The Labute approximate surface area is 82.5 Å². The zero-order chi connectivity index (χ0) is 9.68. The minimum Gasteiger partial charge on any atom is -0.493 e. The Bertz CT molecular complexity index is 276. The Morgan fingerprint density at radius 2 is 2.23 bits per heavy atom. The van der Waals surface area contributed by atoms with Crippen LogP contribution in [0.3, 0.4) is 0 Å². The molecule has 0 aliphatic carbocycles. The lowest BCUT2D eigenvalue weighted by molar-refractivity contribution is 0.381. The van der Waals surface area contributed by atoms with Crippen molar-refractivity contribution in [3.63, 3.8) is 0 Å². The van der Waals surface area contributed by atoms with Gasteiger partial charge in [-0.3, -0.25) is 0 Å². The van der Waals surface area contributed by atoms with Gasteiger partial charge in [0.05, 0.1) is 7.11 Å². The quantitative estimate of drug-likeness (QED) is 0.682. The van der Waals surface area contributed by atoms with Crippen LogP contribution in [0.4, 0.5) is 4.39 Å². The molecular formula is C10H12ClFO. The van der Waals surface area contributed by atoms with E-state index in [0.29, 0.717) is 11.6 Å². The normalized spacial score (nSPS) is 10.1. The van der Waals surface area contributed by atoms with E-state index >= 15 is 0 Å². The van der Waals surface area contributed by atoms with E-state index in [4.69, 9.17) is 16.3 Å². The van der Waals surface area contributed by atoms with Gasteiger partial charge < -0.3 is 4.74 Å². The highest BCUT2D eigenvalue weighted by atomic mass is 35.5. The van der Waals surface area contributed by atoms with Gasteiger partial charge in [0.25, 0.3) is 0 Å². The molecule has 0 heterocycles. The van der Waals surface area contributed by atoms with Gasteiger partial charge in [-0.25, -0.2) is 4.39 Å². The Hall–Kier alpha value is -0.760. The summed E-state index contributed by atoms with van der Waals surface area (Å²) in [6.45, 7) is 0. The first-order valence-corrected chi connectivity index (χ1v) is 4.70. The molecule has 0 amide bonds. The predicted octanol–water partition coefficient (Wildman–Crippen LogP) is 3.01. The molecule has 0 N–H and O–H groups in total. The third-order valence-electron chi connectivity index (χ3n) is 1.83. The number of hydrogen-bond donors (Lipinski definition) is 0. The molecule has 0 spiro atoms. The second-order valence-electron chi connectivity index (χ2n) is 2.72. The van der Waals surface area contributed by atoms with Crippen molar-refractivity contribution in [3.05, 3.63) is 29.6 Å². The molecule has 0 bridgehead atoms. The van der Waals surface area contributed by atoms with E-state index in [1.54, 1.807) is 6.07 Å². The van der Waals surface area contributed by atoms with Crippen molar-refractivity contribution in [3.8, 4) is 5.75 Å². The molecule has 13 heavy (non-hydrogen) atoms. The molecule has 0 fully saturated rings. The standard InChI is InChI=1S/C10H12ClFO/c1-13-10-8(5-3-7-11)4-2-6-9(10)12/h2,4,6H,3,5,7H2,1H3. The second-order valence-corrected chi connectivity index (χ2v) is 3.10. The van der Waals surface area contributed by atoms with Crippen molar-refractivity contribution >= 4 is 11.6 Å². The number of rotatable bonds is 4. The fraction of sp³-hybridized carbons (Fsp3) is 0.400. The zero-order valence-corrected chi connectivity index (χ0v) is 8.27. The van der Waals surface area contributed by atoms with E-state index in [2.05, 4.69) is 0 Å². The highest BCUT2D eigenvalue weighted by molar-refractivity contribution is 6.17. The van der Waals surface area contributed by atoms with Gasteiger partial charge in [0.2, 0.25) is 0 Å². The first-order chi connectivity index (χ1) is 6.29. The number of benzene rings is 1. The van der Waals surface area contributed by atoms with Crippen LogP contribution in [0.2, 0.25) is 0 Å². The first-order valence-electron chi connectivity index (χ1n) is 4.17. The van der Waals surface area contributed by atoms with Crippen LogP contribution in [0, 0.1) is 5.82 Å². The molecule has 1 nitrogen and oxygen atoms in total. The third kappa shape index (κ3) is 2.59. The van der Waals surface area contributed by atoms with Crippen molar-refractivity contribution < 1.29 is 9.13 Å². The number of para-hydroxylation sites is 1. The van der Waals surface area contributed by atoms with Gasteiger partial charge in [-0.2, -0.15) is 0 Å². The molecule has 0 saturated heterocycles. The summed E-state index contributed by atoms with van der Waals surface area (Å²) in [5.41, 5.74) is 0.878. The van der Waals surface area contributed by atoms with Gasteiger partial charge >= 0.3 is 0 Å². The third-order valence-corrected chi connectivity index (χ3v) is 2.10. The van der Waals surface area contributed by atoms with Gasteiger partial charge in [0, 0.05) is 5.88 Å². The lowest BCUT2D eigenvalue weighted by Crippen LogP contribution is -1.95. The molecule has 1 rings (SSSR count). The zero-order valence-electron chi connectivity index (χ0n) is 7.52. The Morgan fingerprint density at radius 3 is 2.85 bits per heavy atom. The van der Waals surface area contributed by atoms with Crippen molar-refractivity contribution in [2.24, 2.45) is 0 Å². The van der Waals surface area contributed by atoms with E-state index in [0.717, 1.165) is 18.4 Å². The SMILES string of the molecule is COc1c(F)cccc1CCCCl. The number of methoxy groups -OCH3 is 1. The molecule has 0 atom stereocenters. The molecule has 0 aliphatic heterocycles. The summed E-state index contributed by atoms with van der Waals surface area (Å²) < 4.78 is 18.1. The number of hydrogen-bond acceptors (Lipinski definition) is 1. The van der Waals surface area contributed by atoms with Crippen molar-refractivity contribution in [1.29, 1.82) is 0 Å². The van der Waals surface area contributed by atoms with Crippen LogP contribution in [0.25, 0.3) is 0 Å². The average molecular weight is 203 g/mol. The number of aryl methyl sites for hydroxylation is 1. The van der Waals surface area contributed by atoms with Crippen LogP contribution in [0.15, 0.2) is 18.2 Å². The van der Waals surface area contributed by atoms with Crippen LogP contribution >= 0.6 is 11.6 Å². The second kappa shape index (κ2) is 5.07. The summed E-state index contributed by atoms with van der Waals surface area (Å²) >= 11 is 5.55. The van der Waals surface area contributed by atoms with E-state index in [-0.39, 0.29) is 5.82 Å². The highest BCUT2D eigenvalue weighted by Crippen LogP contribution is 2.23. The maximum atomic E-state index is 13.1. The molecule has 3 heteroatoms. The molecule has 0 aliphatic rings. The molecule has 72 valence electrons.